The molecule has 0 aliphatic heterocycles. The van der Waals surface area contributed by atoms with Crippen molar-refractivity contribution in [2.45, 2.75) is 32.1 Å². The minimum Gasteiger partial charge on any atom is -0.306 e. The number of rotatable bonds is 8. The molecule has 0 radical (unpaired) electrons. The molecule has 2 N–H and O–H groups in total. The Bertz CT molecular complexity index is 320. The molecule has 0 bridgehead atoms. The molecule has 0 aromatic carbocycles. The molecule has 0 saturated carbocycles. The second-order valence-electron chi connectivity index (χ2n) is 3.34. The van der Waals surface area contributed by atoms with Crippen LogP contribution in [0.25, 0.3) is 0 Å². The Morgan fingerprint density at radius 3 is 1.27 bits per heavy atom. The maximum absolute atomic E-state index is 10.7. The standard InChI is InChI=1S/C7H16O4S4/c8-14(9,12)6-4-2-1-3-5-7-15(10,11)13/h1-7H2,(H,8,9,12)(H,10,11,13). The van der Waals surface area contributed by atoms with Crippen molar-refractivity contribution >= 4 is 39.9 Å². The average molecular weight is 292 g/mol. The lowest BCUT2D eigenvalue weighted by atomic mass is 10.2. The Morgan fingerprint density at radius 2 is 1.00 bits per heavy atom. The van der Waals surface area contributed by atoms with E-state index in [9.17, 15) is 8.42 Å². The van der Waals surface area contributed by atoms with Gasteiger partial charge in [-0.2, -0.15) is 0 Å². The third kappa shape index (κ3) is 14.7. The van der Waals surface area contributed by atoms with Gasteiger partial charge in [0.1, 0.15) is 17.5 Å². The first-order valence-electron chi connectivity index (χ1n) is 4.61. The minimum absolute atomic E-state index is 0.153. The van der Waals surface area contributed by atoms with Gasteiger partial charge < -0.3 is 9.11 Å². The number of hydrogen-bond acceptors (Lipinski definition) is 4. The average Bonchev–Trinajstić information content (AvgIpc) is 1.98. The van der Waals surface area contributed by atoms with Gasteiger partial charge in [-0.15, -0.1) is 0 Å². The molecule has 0 amide bonds. The van der Waals surface area contributed by atoms with Crippen LogP contribution in [0.5, 0.6) is 0 Å². The highest BCUT2D eigenvalue weighted by Gasteiger charge is 2.01. The van der Waals surface area contributed by atoms with Gasteiger partial charge in [0, 0.05) is 33.9 Å². The summed E-state index contributed by atoms with van der Waals surface area (Å²) in [5, 5.41) is 0. The van der Waals surface area contributed by atoms with Crippen LogP contribution in [0, 0.1) is 0 Å². The van der Waals surface area contributed by atoms with Gasteiger partial charge in [-0.3, -0.25) is 0 Å². The minimum atomic E-state index is -3.01. The van der Waals surface area contributed by atoms with Crippen LogP contribution in [0.15, 0.2) is 0 Å². The molecule has 0 aliphatic carbocycles. The van der Waals surface area contributed by atoms with Gasteiger partial charge in [0.05, 0.1) is 0 Å². The van der Waals surface area contributed by atoms with E-state index < -0.39 is 17.5 Å². The summed E-state index contributed by atoms with van der Waals surface area (Å²) in [7, 11) is -6.02. The van der Waals surface area contributed by atoms with Crippen molar-refractivity contribution in [1.29, 1.82) is 0 Å². The highest BCUT2D eigenvalue weighted by atomic mass is 32.8. The summed E-state index contributed by atoms with van der Waals surface area (Å²) >= 11 is 8.67. The molecular formula is C7H16O4S4. The summed E-state index contributed by atoms with van der Waals surface area (Å²) in [4.78, 5) is 0. The molecule has 0 rings (SSSR count). The Labute approximate surface area is 101 Å². The molecule has 0 spiro atoms. The maximum Gasteiger partial charge on any atom is 0.141 e. The van der Waals surface area contributed by atoms with Crippen LogP contribution in [0.4, 0.5) is 0 Å². The Morgan fingerprint density at radius 1 is 0.733 bits per heavy atom. The van der Waals surface area contributed by atoms with Crippen LogP contribution in [-0.2, 0) is 39.9 Å². The van der Waals surface area contributed by atoms with Gasteiger partial charge in [-0.25, -0.2) is 8.42 Å². The van der Waals surface area contributed by atoms with Gasteiger partial charge in [0.2, 0.25) is 0 Å². The molecule has 0 aliphatic rings. The molecule has 4 nitrogen and oxygen atoms in total. The van der Waals surface area contributed by atoms with Crippen molar-refractivity contribution in [2.24, 2.45) is 0 Å². The third-order valence-corrected chi connectivity index (χ3v) is 4.41. The summed E-state index contributed by atoms with van der Waals surface area (Å²) in [6.45, 7) is 0. The molecule has 92 valence electrons. The molecular weight excluding hydrogens is 276 g/mol. The van der Waals surface area contributed by atoms with E-state index in [1.807, 2.05) is 0 Å². The van der Waals surface area contributed by atoms with Crippen LogP contribution in [0.3, 0.4) is 0 Å². The molecule has 0 saturated heterocycles. The quantitative estimate of drug-likeness (QED) is 0.658. The van der Waals surface area contributed by atoms with E-state index in [-0.39, 0.29) is 11.5 Å². The van der Waals surface area contributed by atoms with Crippen LogP contribution < -0.4 is 0 Å². The molecule has 0 aromatic heterocycles. The highest BCUT2D eigenvalue weighted by Crippen LogP contribution is 2.05. The highest BCUT2D eigenvalue weighted by molar-refractivity contribution is 8.30. The van der Waals surface area contributed by atoms with E-state index in [0.29, 0.717) is 12.8 Å². The van der Waals surface area contributed by atoms with E-state index in [0.717, 1.165) is 19.3 Å². The van der Waals surface area contributed by atoms with Gasteiger partial charge in [0.15, 0.2) is 0 Å². The largest absolute Gasteiger partial charge is 0.306 e. The summed E-state index contributed by atoms with van der Waals surface area (Å²) in [6.07, 6.45) is 3.76. The van der Waals surface area contributed by atoms with Crippen molar-refractivity contribution in [3.05, 3.63) is 0 Å². The summed E-state index contributed by atoms with van der Waals surface area (Å²) in [5.41, 5.74) is 0. The van der Waals surface area contributed by atoms with E-state index in [1.54, 1.807) is 0 Å². The molecule has 0 aromatic rings. The second-order valence-corrected chi connectivity index (χ2v) is 9.61. The van der Waals surface area contributed by atoms with Gasteiger partial charge in [0.25, 0.3) is 0 Å². The monoisotopic (exact) mass is 292 g/mol. The molecule has 2 unspecified atom stereocenters. The van der Waals surface area contributed by atoms with E-state index in [2.05, 4.69) is 22.4 Å². The maximum atomic E-state index is 10.7. The Kier molecular flexibility index (Phi) is 7.39. The summed E-state index contributed by atoms with van der Waals surface area (Å²) in [6, 6.07) is 0. The predicted molar refractivity (Wildman–Crippen MR) is 69.1 cm³/mol. The lowest BCUT2D eigenvalue weighted by Crippen LogP contribution is -2.03. The number of hydrogen-bond donors (Lipinski definition) is 2. The zero-order valence-corrected chi connectivity index (χ0v) is 11.6. The van der Waals surface area contributed by atoms with Crippen molar-refractivity contribution in [3.8, 4) is 0 Å². The zero-order chi connectivity index (χ0) is 11.9. The Balaban J connectivity index is 3.34. The molecule has 8 heteroatoms. The van der Waals surface area contributed by atoms with Crippen molar-refractivity contribution in [1.82, 2.24) is 0 Å². The van der Waals surface area contributed by atoms with E-state index in [1.165, 1.54) is 0 Å². The summed E-state index contributed by atoms with van der Waals surface area (Å²) in [5.74, 6) is 0.306. The van der Waals surface area contributed by atoms with E-state index in [4.69, 9.17) is 9.11 Å². The molecule has 0 fully saturated rings. The number of unbranched alkanes of at least 4 members (excludes halogenated alkanes) is 4. The van der Waals surface area contributed by atoms with Crippen molar-refractivity contribution in [3.63, 3.8) is 0 Å². The third-order valence-electron chi connectivity index (χ3n) is 1.80. The molecule has 15 heavy (non-hydrogen) atoms. The first-order chi connectivity index (χ1) is 6.71. The fraction of sp³-hybridized carbons (Fsp3) is 1.00. The predicted octanol–water partition coefficient (Wildman–Crippen LogP) is 1.38. The van der Waals surface area contributed by atoms with Crippen LogP contribution in [-0.4, -0.2) is 29.0 Å². The fourth-order valence-corrected chi connectivity index (χ4v) is 2.94. The molecule has 0 heterocycles. The van der Waals surface area contributed by atoms with Gasteiger partial charge in [-0.05, 0) is 12.8 Å². The van der Waals surface area contributed by atoms with Crippen molar-refractivity contribution < 1.29 is 17.5 Å². The van der Waals surface area contributed by atoms with Gasteiger partial charge in [-0.1, -0.05) is 19.3 Å². The molecule has 2 atom stereocenters. The topological polar surface area (TPSA) is 74.6 Å². The van der Waals surface area contributed by atoms with E-state index >= 15 is 0 Å². The van der Waals surface area contributed by atoms with Crippen LogP contribution >= 0.6 is 0 Å². The Hall–Kier alpha value is 0.660. The smallest absolute Gasteiger partial charge is 0.141 e. The summed E-state index contributed by atoms with van der Waals surface area (Å²) < 4.78 is 39.0. The first-order valence-corrected chi connectivity index (χ1v) is 9.83. The zero-order valence-electron chi connectivity index (χ0n) is 8.29. The first kappa shape index (κ1) is 15.7. The van der Waals surface area contributed by atoms with Gasteiger partial charge >= 0.3 is 0 Å². The van der Waals surface area contributed by atoms with Crippen LogP contribution in [0.1, 0.15) is 32.1 Å². The SMILES string of the molecule is O=S(O)(=S)CCCCCCCS(=O)(O)=S. The van der Waals surface area contributed by atoms with Crippen molar-refractivity contribution in [2.75, 3.05) is 11.5 Å². The second kappa shape index (κ2) is 7.08. The fourth-order valence-electron chi connectivity index (χ4n) is 1.10. The lowest BCUT2D eigenvalue weighted by molar-refractivity contribution is 0.551. The van der Waals surface area contributed by atoms with Crippen LogP contribution in [0.2, 0.25) is 0 Å². The normalized spacial score (nSPS) is 19.3. The lowest BCUT2D eigenvalue weighted by Gasteiger charge is -2.01.